The molecule has 1 heterocycles. The highest BCUT2D eigenvalue weighted by Crippen LogP contribution is 2.30. The number of nitrogens with zero attached hydrogens (tertiary/aromatic N) is 2. The number of imidazole rings is 1. The fourth-order valence-corrected chi connectivity index (χ4v) is 2.14. The fraction of sp³-hybridized carbons (Fsp3) is 0.750. The largest absolute Gasteiger partial charge is 0.353 e. The molecule has 2 fully saturated rings. The Morgan fingerprint density at radius 2 is 2.20 bits per heavy atom. The SMILES string of the molecule is c1cn(CCC2CCC2)c(NC2CC2)n1. The predicted octanol–water partition coefficient (Wildman–Crippen LogP) is 2.65. The van der Waals surface area contributed by atoms with Gasteiger partial charge in [-0.1, -0.05) is 19.3 Å². The average molecular weight is 205 g/mol. The van der Waals surface area contributed by atoms with E-state index in [1.54, 1.807) is 0 Å². The summed E-state index contributed by atoms with van der Waals surface area (Å²) < 4.78 is 2.27. The van der Waals surface area contributed by atoms with E-state index in [2.05, 4.69) is 21.1 Å². The molecule has 1 N–H and O–H groups in total. The van der Waals surface area contributed by atoms with Gasteiger partial charge < -0.3 is 9.88 Å². The quantitative estimate of drug-likeness (QED) is 0.801. The zero-order chi connectivity index (χ0) is 10.1. The topological polar surface area (TPSA) is 29.9 Å². The van der Waals surface area contributed by atoms with Crippen LogP contribution in [0.4, 0.5) is 5.95 Å². The minimum absolute atomic E-state index is 0.704. The molecule has 0 bridgehead atoms. The molecule has 2 saturated carbocycles. The van der Waals surface area contributed by atoms with Gasteiger partial charge in [-0.25, -0.2) is 4.98 Å². The van der Waals surface area contributed by atoms with Crippen molar-refractivity contribution in [1.82, 2.24) is 9.55 Å². The molecule has 0 atom stereocenters. The van der Waals surface area contributed by atoms with E-state index in [1.165, 1.54) is 38.5 Å². The summed E-state index contributed by atoms with van der Waals surface area (Å²) in [5, 5.41) is 3.48. The van der Waals surface area contributed by atoms with Crippen LogP contribution in [-0.2, 0) is 6.54 Å². The Morgan fingerprint density at radius 3 is 2.87 bits per heavy atom. The Labute approximate surface area is 90.9 Å². The first-order valence-corrected chi connectivity index (χ1v) is 6.19. The van der Waals surface area contributed by atoms with Crippen molar-refractivity contribution in [2.24, 2.45) is 5.92 Å². The van der Waals surface area contributed by atoms with E-state index in [9.17, 15) is 0 Å². The van der Waals surface area contributed by atoms with Gasteiger partial charge in [-0.3, -0.25) is 0 Å². The number of hydrogen-bond acceptors (Lipinski definition) is 2. The number of rotatable bonds is 5. The Hall–Kier alpha value is -0.990. The molecule has 0 aliphatic heterocycles. The third-order valence-corrected chi connectivity index (χ3v) is 3.63. The molecule has 0 unspecified atom stereocenters. The Bertz CT molecular complexity index is 323. The first kappa shape index (κ1) is 9.25. The second kappa shape index (κ2) is 3.87. The lowest BCUT2D eigenvalue weighted by atomic mass is 9.83. The third kappa shape index (κ3) is 2.16. The van der Waals surface area contributed by atoms with Gasteiger partial charge in [-0.2, -0.15) is 0 Å². The molecule has 2 aliphatic rings. The van der Waals surface area contributed by atoms with Crippen molar-refractivity contribution >= 4 is 5.95 Å². The maximum absolute atomic E-state index is 4.37. The maximum atomic E-state index is 4.37. The van der Waals surface area contributed by atoms with Crippen molar-refractivity contribution in [3.63, 3.8) is 0 Å². The molecule has 3 rings (SSSR count). The summed E-state index contributed by atoms with van der Waals surface area (Å²) in [5.74, 6) is 2.07. The van der Waals surface area contributed by atoms with Gasteiger partial charge in [-0.15, -0.1) is 0 Å². The standard InChI is InChI=1S/C12H19N3/c1-2-10(3-1)6-8-15-9-7-13-12(15)14-11-4-5-11/h7,9-11H,1-6,8H2,(H,13,14). The second-order valence-corrected chi connectivity index (χ2v) is 4.95. The molecule has 1 aromatic heterocycles. The first-order chi connectivity index (χ1) is 7.42. The van der Waals surface area contributed by atoms with Gasteiger partial charge in [-0.05, 0) is 25.2 Å². The second-order valence-electron chi connectivity index (χ2n) is 4.95. The molecule has 0 saturated heterocycles. The van der Waals surface area contributed by atoms with Gasteiger partial charge in [0.05, 0.1) is 0 Å². The van der Waals surface area contributed by atoms with Crippen LogP contribution in [0, 0.1) is 5.92 Å². The zero-order valence-electron chi connectivity index (χ0n) is 9.15. The monoisotopic (exact) mass is 205 g/mol. The number of aromatic nitrogens is 2. The first-order valence-electron chi connectivity index (χ1n) is 6.19. The highest BCUT2D eigenvalue weighted by Gasteiger charge is 2.23. The van der Waals surface area contributed by atoms with Gasteiger partial charge in [0.2, 0.25) is 5.95 Å². The molecule has 0 spiro atoms. The molecule has 1 aromatic rings. The summed E-state index contributed by atoms with van der Waals surface area (Å²) in [6.45, 7) is 1.14. The third-order valence-electron chi connectivity index (χ3n) is 3.63. The van der Waals surface area contributed by atoms with E-state index in [-0.39, 0.29) is 0 Å². The van der Waals surface area contributed by atoms with E-state index in [1.807, 2.05) is 6.20 Å². The predicted molar refractivity (Wildman–Crippen MR) is 60.8 cm³/mol. The fourth-order valence-electron chi connectivity index (χ4n) is 2.14. The maximum Gasteiger partial charge on any atom is 0.202 e. The van der Waals surface area contributed by atoms with E-state index in [0.717, 1.165) is 18.4 Å². The van der Waals surface area contributed by atoms with Gasteiger partial charge in [0, 0.05) is 25.0 Å². The summed E-state index contributed by atoms with van der Waals surface area (Å²) in [4.78, 5) is 4.37. The number of nitrogens with one attached hydrogen (secondary N) is 1. The van der Waals surface area contributed by atoms with Crippen molar-refractivity contribution in [2.75, 3.05) is 5.32 Å². The van der Waals surface area contributed by atoms with Crippen molar-refractivity contribution in [3.8, 4) is 0 Å². The smallest absolute Gasteiger partial charge is 0.202 e. The highest BCUT2D eigenvalue weighted by atomic mass is 15.2. The molecule has 3 heteroatoms. The minimum atomic E-state index is 0.704. The molecule has 0 radical (unpaired) electrons. The van der Waals surface area contributed by atoms with Crippen LogP contribution in [0.15, 0.2) is 12.4 Å². The molecule has 82 valence electrons. The zero-order valence-corrected chi connectivity index (χ0v) is 9.15. The lowest BCUT2D eigenvalue weighted by Gasteiger charge is -2.25. The summed E-state index contributed by atoms with van der Waals surface area (Å²) in [6.07, 6.45) is 12.3. The molecular weight excluding hydrogens is 186 g/mol. The van der Waals surface area contributed by atoms with Crippen LogP contribution in [0.2, 0.25) is 0 Å². The van der Waals surface area contributed by atoms with Gasteiger partial charge >= 0.3 is 0 Å². The van der Waals surface area contributed by atoms with Crippen LogP contribution in [-0.4, -0.2) is 15.6 Å². The highest BCUT2D eigenvalue weighted by molar-refractivity contribution is 5.29. The molecule has 0 amide bonds. The van der Waals surface area contributed by atoms with E-state index < -0.39 is 0 Å². The number of hydrogen-bond donors (Lipinski definition) is 1. The number of aryl methyl sites for hydroxylation is 1. The van der Waals surface area contributed by atoms with Crippen LogP contribution < -0.4 is 5.32 Å². The van der Waals surface area contributed by atoms with Crippen LogP contribution in [0.25, 0.3) is 0 Å². The summed E-state index contributed by atoms with van der Waals surface area (Å²) in [6, 6.07) is 0.704. The van der Waals surface area contributed by atoms with Gasteiger partial charge in [0.25, 0.3) is 0 Å². The number of anilines is 1. The lowest BCUT2D eigenvalue weighted by Crippen LogP contribution is -2.15. The van der Waals surface area contributed by atoms with Crippen LogP contribution in [0.1, 0.15) is 38.5 Å². The van der Waals surface area contributed by atoms with E-state index in [4.69, 9.17) is 0 Å². The Kier molecular flexibility index (Phi) is 2.39. The summed E-state index contributed by atoms with van der Waals surface area (Å²) >= 11 is 0. The Balaban J connectivity index is 1.55. The van der Waals surface area contributed by atoms with Crippen molar-refractivity contribution in [3.05, 3.63) is 12.4 Å². The summed E-state index contributed by atoms with van der Waals surface area (Å²) in [5.41, 5.74) is 0. The van der Waals surface area contributed by atoms with Crippen LogP contribution >= 0.6 is 0 Å². The molecule has 15 heavy (non-hydrogen) atoms. The van der Waals surface area contributed by atoms with Crippen molar-refractivity contribution in [1.29, 1.82) is 0 Å². The molecule has 2 aliphatic carbocycles. The minimum Gasteiger partial charge on any atom is -0.353 e. The van der Waals surface area contributed by atoms with Crippen LogP contribution in [0.3, 0.4) is 0 Å². The van der Waals surface area contributed by atoms with E-state index >= 15 is 0 Å². The van der Waals surface area contributed by atoms with Crippen molar-refractivity contribution < 1.29 is 0 Å². The van der Waals surface area contributed by atoms with Gasteiger partial charge in [0.15, 0.2) is 0 Å². The molecular formula is C12H19N3. The summed E-state index contributed by atoms with van der Waals surface area (Å²) in [7, 11) is 0. The Morgan fingerprint density at radius 1 is 1.33 bits per heavy atom. The molecule has 3 nitrogen and oxygen atoms in total. The molecule has 0 aromatic carbocycles. The van der Waals surface area contributed by atoms with Crippen LogP contribution in [0.5, 0.6) is 0 Å². The lowest BCUT2D eigenvalue weighted by molar-refractivity contribution is 0.283. The van der Waals surface area contributed by atoms with Gasteiger partial charge in [0.1, 0.15) is 0 Å². The van der Waals surface area contributed by atoms with Crippen molar-refractivity contribution in [2.45, 2.75) is 51.1 Å². The normalized spacial score (nSPS) is 21.3. The average Bonchev–Trinajstić information content (AvgIpc) is 2.85. The van der Waals surface area contributed by atoms with E-state index in [0.29, 0.717) is 6.04 Å².